The number of carboxylic acid groups (broad SMARTS) is 1. The minimum atomic E-state index is -1.70. The number of unbranched alkanes of at least 4 members (excludes halogenated alkanes) is 1. The number of aromatic nitrogens is 1. The molecular weight excluding hydrogens is 1030 g/mol. The van der Waals surface area contributed by atoms with Gasteiger partial charge >= 0.3 is 5.97 Å². The molecule has 0 bridgehead atoms. The van der Waals surface area contributed by atoms with Crippen molar-refractivity contribution in [2.75, 3.05) is 23.8 Å². The first-order valence-corrected chi connectivity index (χ1v) is 27.7. The number of rotatable bonds is 14. The molecule has 1 aliphatic heterocycles. The SMILES string of the molecule is C[C@@H](O)[C@@H]1NC(=O)[C@H](CCCCN)NC(=O)[C@@H](Cc2c[nH]c3ccccc23)NC(=O)[C@H](Cc2ccc(N)cc2)NC(=O)[C@H](Cc2ccccc2)NC(=O)[C@@H](N)CSSC[C@@H](C(=O)O)NC(=O)[C@H](Cc2ccccc2)NC1=O. The number of nitrogens with one attached hydrogen (secondary N) is 8. The molecule has 1 aromatic heterocycles. The molecule has 0 aliphatic carbocycles. The van der Waals surface area contributed by atoms with E-state index < -0.39 is 102 Å². The maximum Gasteiger partial charge on any atom is 0.327 e. The van der Waals surface area contributed by atoms with Crippen molar-refractivity contribution in [3.63, 3.8) is 0 Å². The van der Waals surface area contributed by atoms with Crippen LogP contribution in [0, 0.1) is 0 Å². The van der Waals surface area contributed by atoms with Crippen LogP contribution in [-0.4, -0.2) is 135 Å². The molecule has 0 radical (unpaired) electrons. The lowest BCUT2D eigenvalue weighted by Gasteiger charge is -2.29. The molecule has 9 atom stereocenters. The number of H-pyrrole nitrogens is 1. The molecular formula is C54H67N11O10S2. The van der Waals surface area contributed by atoms with E-state index in [1.807, 2.05) is 24.3 Å². The van der Waals surface area contributed by atoms with E-state index in [0.29, 0.717) is 40.8 Å². The van der Waals surface area contributed by atoms with E-state index in [-0.39, 0.29) is 50.2 Å². The zero-order chi connectivity index (χ0) is 55.4. The smallest absolute Gasteiger partial charge is 0.327 e. The number of aliphatic carboxylic acids is 1. The number of para-hydroxylation sites is 1. The summed E-state index contributed by atoms with van der Waals surface area (Å²) >= 11 is 0. The molecule has 0 unspecified atom stereocenters. The highest BCUT2D eigenvalue weighted by Crippen LogP contribution is 2.24. The monoisotopic (exact) mass is 1090 g/mol. The Labute approximate surface area is 453 Å². The summed E-state index contributed by atoms with van der Waals surface area (Å²) in [7, 11) is 2.06. The van der Waals surface area contributed by atoms with Gasteiger partial charge in [0.25, 0.3) is 0 Å². The van der Waals surface area contributed by atoms with Crippen LogP contribution < -0.4 is 54.4 Å². The van der Waals surface area contributed by atoms with E-state index in [4.69, 9.17) is 17.2 Å². The molecule has 7 amide bonds. The summed E-state index contributed by atoms with van der Waals surface area (Å²) in [5, 5.41) is 40.8. The van der Waals surface area contributed by atoms with Gasteiger partial charge in [-0.15, -0.1) is 0 Å². The van der Waals surface area contributed by atoms with Crippen molar-refractivity contribution >= 4 is 85.5 Å². The summed E-state index contributed by atoms with van der Waals surface area (Å²) in [6.07, 6.45) is 0.519. The Morgan fingerprint density at radius 3 is 1.60 bits per heavy atom. The number of fused-ring (bicyclic) bond motifs is 1. The molecule has 1 saturated heterocycles. The predicted octanol–water partition coefficient (Wildman–Crippen LogP) is 0.731. The summed E-state index contributed by atoms with van der Waals surface area (Å²) in [6, 6.07) is 20.0. The number of benzene rings is 4. The Balaban J connectivity index is 1.40. The number of aromatic amines is 1. The molecule has 2 heterocycles. The van der Waals surface area contributed by atoms with Crippen LogP contribution >= 0.6 is 21.6 Å². The maximum absolute atomic E-state index is 14.9. The number of hydrogen-bond acceptors (Lipinski definition) is 14. The van der Waals surface area contributed by atoms with E-state index in [1.165, 1.54) is 6.92 Å². The Hall–Kier alpha value is -7.44. The first-order valence-electron chi connectivity index (χ1n) is 25.2. The molecule has 1 fully saturated rings. The van der Waals surface area contributed by atoms with E-state index in [9.17, 15) is 48.6 Å². The standard InChI is InChI=1S/C54H67N11O10S2/c1-31(66)46-53(73)63-43(25-33-14-6-3-7-15-33)51(71)64-45(54(74)75)30-77-76-29-38(57)47(67)60-41(24-32-12-4-2-5-13-32)49(69)61-42(26-34-19-21-36(56)22-20-34)50(70)62-44(27-35-28-58-39-17-9-8-16-37(35)39)52(72)59-40(48(68)65-46)18-10-11-23-55/h2-9,12-17,19-22,28,31,38,40-46,58,66H,10-11,18,23-27,29-30,55-57H2,1H3,(H,59,72)(H,60,67)(H,61,69)(H,62,70)(H,63,73)(H,64,71)(H,65,68)(H,74,75)/t31-,38+,40+,41+,42+,43+,44-,45+,46+/m1/s1. The minimum absolute atomic E-state index is 0.00339. The first-order chi connectivity index (χ1) is 37.0. The fourth-order valence-electron chi connectivity index (χ4n) is 8.48. The number of carbonyl (C=O) groups is 8. The van der Waals surface area contributed by atoms with Gasteiger partial charge in [-0.3, -0.25) is 33.6 Å². The molecule has 0 saturated carbocycles. The lowest BCUT2D eigenvalue weighted by atomic mass is 10.00. The molecule has 6 rings (SSSR count). The van der Waals surface area contributed by atoms with Crippen LogP contribution in [0.25, 0.3) is 10.9 Å². The number of amides is 7. The van der Waals surface area contributed by atoms with Crippen LogP contribution in [0.4, 0.5) is 5.69 Å². The van der Waals surface area contributed by atoms with Crippen molar-refractivity contribution in [3.8, 4) is 0 Å². The van der Waals surface area contributed by atoms with Gasteiger partial charge in [0.05, 0.1) is 12.1 Å². The zero-order valence-corrected chi connectivity index (χ0v) is 44.1. The number of anilines is 1. The Morgan fingerprint density at radius 2 is 1.04 bits per heavy atom. The van der Waals surface area contributed by atoms with Crippen LogP contribution in [0.1, 0.15) is 48.4 Å². The lowest BCUT2D eigenvalue weighted by Crippen LogP contribution is -2.62. The van der Waals surface area contributed by atoms with Crippen molar-refractivity contribution in [1.29, 1.82) is 0 Å². The van der Waals surface area contributed by atoms with E-state index >= 15 is 0 Å². The third kappa shape index (κ3) is 17.8. The van der Waals surface area contributed by atoms with E-state index in [1.54, 1.807) is 91.1 Å². The summed E-state index contributed by atoms with van der Waals surface area (Å²) in [5.41, 5.74) is 21.9. The Morgan fingerprint density at radius 1 is 0.571 bits per heavy atom. The number of nitrogen functional groups attached to an aromatic ring is 1. The van der Waals surface area contributed by atoms with Crippen molar-refractivity contribution in [2.45, 2.75) is 106 Å². The number of nitrogens with two attached hydrogens (primary N) is 3. The van der Waals surface area contributed by atoms with Gasteiger partial charge in [0.15, 0.2) is 0 Å². The molecule has 410 valence electrons. The predicted molar refractivity (Wildman–Crippen MR) is 295 cm³/mol. The van der Waals surface area contributed by atoms with Gasteiger partial charge < -0.3 is 69.6 Å². The lowest BCUT2D eigenvalue weighted by molar-refractivity contribution is -0.141. The fraction of sp³-hybridized carbons (Fsp3) is 0.370. The first kappa shape index (κ1) is 58.8. The topological polar surface area (TPSA) is 355 Å². The second-order valence-corrected chi connectivity index (χ2v) is 21.3. The molecule has 5 aromatic rings. The molecule has 77 heavy (non-hydrogen) atoms. The minimum Gasteiger partial charge on any atom is -0.480 e. The summed E-state index contributed by atoms with van der Waals surface area (Å²) in [6.45, 7) is 1.49. The van der Waals surface area contributed by atoms with Crippen LogP contribution in [0.2, 0.25) is 0 Å². The molecule has 4 aromatic carbocycles. The summed E-state index contributed by atoms with van der Waals surface area (Å²) < 4.78 is 0. The normalized spacial score (nSPS) is 23.5. The van der Waals surface area contributed by atoms with Gasteiger partial charge in [0, 0.05) is 60.0 Å². The number of hydrogen-bond donors (Lipinski definition) is 13. The highest BCUT2D eigenvalue weighted by Gasteiger charge is 2.36. The number of aliphatic hydroxyl groups is 1. The van der Waals surface area contributed by atoms with Gasteiger partial charge in [-0.05, 0) is 73.2 Å². The number of carboxylic acids is 1. The third-order valence-corrected chi connectivity index (χ3v) is 15.2. The summed E-state index contributed by atoms with van der Waals surface area (Å²) in [5.74, 6) is -7.55. The van der Waals surface area contributed by atoms with Gasteiger partial charge in [-0.1, -0.05) is 113 Å². The van der Waals surface area contributed by atoms with Crippen LogP contribution in [0.5, 0.6) is 0 Å². The van der Waals surface area contributed by atoms with E-state index in [2.05, 4.69) is 42.2 Å². The molecule has 1 aliphatic rings. The Bertz CT molecular complexity index is 2810. The van der Waals surface area contributed by atoms with Crippen molar-refractivity contribution < 1.29 is 48.6 Å². The molecule has 0 spiro atoms. The molecule has 21 nitrogen and oxygen atoms in total. The Kier molecular flexibility index (Phi) is 22.3. The maximum atomic E-state index is 14.9. The van der Waals surface area contributed by atoms with Gasteiger partial charge in [0.2, 0.25) is 41.4 Å². The van der Waals surface area contributed by atoms with Crippen molar-refractivity contribution in [3.05, 3.63) is 138 Å². The molecule has 16 N–H and O–H groups in total. The van der Waals surface area contributed by atoms with Gasteiger partial charge in [0.1, 0.15) is 42.3 Å². The van der Waals surface area contributed by atoms with Crippen LogP contribution in [0.3, 0.4) is 0 Å². The third-order valence-electron chi connectivity index (χ3n) is 12.8. The highest BCUT2D eigenvalue weighted by molar-refractivity contribution is 8.76. The summed E-state index contributed by atoms with van der Waals surface area (Å²) in [4.78, 5) is 116. The van der Waals surface area contributed by atoms with E-state index in [0.717, 1.165) is 32.5 Å². The molecule has 23 heteroatoms. The number of carbonyl (C=O) groups excluding carboxylic acids is 7. The average molecular weight is 1090 g/mol. The second-order valence-electron chi connectivity index (χ2n) is 18.8. The second kappa shape index (κ2) is 29.2. The zero-order valence-electron chi connectivity index (χ0n) is 42.4. The largest absolute Gasteiger partial charge is 0.480 e. The number of aliphatic hydroxyl groups excluding tert-OH is 1. The van der Waals surface area contributed by atoms with Crippen molar-refractivity contribution in [2.24, 2.45) is 11.5 Å². The van der Waals surface area contributed by atoms with Crippen LogP contribution in [-0.2, 0) is 64.0 Å². The van der Waals surface area contributed by atoms with Crippen molar-refractivity contribution in [1.82, 2.24) is 42.2 Å². The average Bonchev–Trinajstić information content (AvgIpc) is 3.82. The van der Waals surface area contributed by atoms with Gasteiger partial charge in [-0.25, -0.2) is 4.79 Å². The highest BCUT2D eigenvalue weighted by atomic mass is 33.1. The fourth-order valence-corrected chi connectivity index (χ4v) is 10.8. The van der Waals surface area contributed by atoms with Crippen LogP contribution in [0.15, 0.2) is 115 Å². The van der Waals surface area contributed by atoms with Gasteiger partial charge in [-0.2, -0.15) is 0 Å². The quantitative estimate of drug-likeness (QED) is 0.0414.